The molecule has 0 bridgehead atoms. The van der Waals surface area contributed by atoms with Gasteiger partial charge in [0.2, 0.25) is 0 Å². The van der Waals surface area contributed by atoms with Crippen LogP contribution in [0.2, 0.25) is 0 Å². The maximum absolute atomic E-state index is 6.26. The Labute approximate surface area is 121 Å². The summed E-state index contributed by atoms with van der Waals surface area (Å²) in [5, 5.41) is 0. The molecule has 0 aliphatic carbocycles. The van der Waals surface area contributed by atoms with Gasteiger partial charge in [-0.1, -0.05) is 67.2 Å². The van der Waals surface area contributed by atoms with Crippen molar-refractivity contribution in [2.24, 2.45) is 5.73 Å². The highest BCUT2D eigenvalue weighted by Crippen LogP contribution is 2.13. The molecule has 0 aromatic heterocycles. The van der Waals surface area contributed by atoms with E-state index in [0.717, 1.165) is 18.7 Å². The molecule has 2 rings (SSSR count). The summed E-state index contributed by atoms with van der Waals surface area (Å²) >= 11 is 0. The molecule has 0 amide bonds. The number of hydrogen-bond donors (Lipinski definition) is 1. The van der Waals surface area contributed by atoms with E-state index in [1.54, 1.807) is 0 Å². The van der Waals surface area contributed by atoms with E-state index in [0.29, 0.717) is 0 Å². The summed E-state index contributed by atoms with van der Waals surface area (Å²) < 4.78 is 0. The van der Waals surface area contributed by atoms with Crippen molar-refractivity contribution in [3.63, 3.8) is 0 Å². The van der Waals surface area contributed by atoms with Gasteiger partial charge in [0.15, 0.2) is 0 Å². The smallest absolute Gasteiger partial charge is 0.0481 e. The highest BCUT2D eigenvalue weighted by Gasteiger charge is 2.12. The lowest BCUT2D eigenvalue weighted by atomic mass is 10.0. The van der Waals surface area contributed by atoms with Crippen molar-refractivity contribution in [3.05, 3.63) is 84.1 Å². The lowest BCUT2D eigenvalue weighted by molar-refractivity contribution is 0.380. The third-order valence-corrected chi connectivity index (χ3v) is 3.48. The Hall–Kier alpha value is -2.06. The fraction of sp³-hybridized carbons (Fsp3) is 0.222. The number of likely N-dealkylation sites (N-methyl/N-ethyl adjacent to an activating group) is 1. The maximum atomic E-state index is 6.26. The van der Waals surface area contributed by atoms with Gasteiger partial charge >= 0.3 is 0 Å². The summed E-state index contributed by atoms with van der Waals surface area (Å²) in [5.41, 5.74) is 9.74. The molecule has 2 N–H and O–H groups in total. The molecule has 20 heavy (non-hydrogen) atoms. The second-order valence-corrected chi connectivity index (χ2v) is 5.13. The summed E-state index contributed by atoms with van der Waals surface area (Å²) in [5.74, 6) is 0. The van der Waals surface area contributed by atoms with E-state index in [2.05, 4.69) is 47.9 Å². The first-order valence-corrected chi connectivity index (χ1v) is 6.90. The van der Waals surface area contributed by atoms with Crippen LogP contribution in [0, 0.1) is 0 Å². The standard InChI is InChI=1S/C18H22N2/c1-15(18(19)13-16-9-5-3-6-10-16)20(2)14-17-11-7-4-8-12-17/h3-12,18H,1,13-14,19H2,2H3/t18-/m0/s1. The van der Waals surface area contributed by atoms with Crippen LogP contribution in [0.4, 0.5) is 0 Å². The maximum Gasteiger partial charge on any atom is 0.0481 e. The van der Waals surface area contributed by atoms with Crippen molar-refractivity contribution in [2.75, 3.05) is 7.05 Å². The van der Waals surface area contributed by atoms with Crippen LogP contribution in [0.1, 0.15) is 11.1 Å². The lowest BCUT2D eigenvalue weighted by Crippen LogP contribution is -2.33. The van der Waals surface area contributed by atoms with E-state index in [-0.39, 0.29) is 6.04 Å². The Morgan fingerprint density at radius 2 is 1.50 bits per heavy atom. The van der Waals surface area contributed by atoms with E-state index in [4.69, 9.17) is 5.73 Å². The Morgan fingerprint density at radius 1 is 1.00 bits per heavy atom. The Kier molecular flexibility index (Phi) is 4.97. The minimum atomic E-state index is -0.0499. The Bertz CT molecular complexity index is 484. The molecule has 104 valence electrons. The van der Waals surface area contributed by atoms with Gasteiger partial charge in [-0.05, 0) is 17.5 Å². The van der Waals surface area contributed by atoms with Crippen LogP contribution < -0.4 is 5.73 Å². The van der Waals surface area contributed by atoms with Crippen LogP contribution in [0.5, 0.6) is 0 Å². The lowest BCUT2D eigenvalue weighted by Gasteiger charge is -2.26. The highest BCUT2D eigenvalue weighted by molar-refractivity contribution is 5.20. The SMILES string of the molecule is C=C([C@@H](N)Cc1ccccc1)N(C)Cc1ccccc1. The second kappa shape index (κ2) is 6.92. The predicted octanol–water partition coefficient (Wildman–Crippen LogP) is 3.20. The number of benzene rings is 2. The third kappa shape index (κ3) is 3.97. The first-order chi connectivity index (χ1) is 9.66. The number of rotatable bonds is 6. The summed E-state index contributed by atoms with van der Waals surface area (Å²) in [6.07, 6.45) is 0.818. The van der Waals surface area contributed by atoms with Crippen LogP contribution in [0.3, 0.4) is 0 Å². The molecule has 0 saturated carbocycles. The van der Waals surface area contributed by atoms with Gasteiger partial charge in [0.05, 0.1) is 0 Å². The van der Waals surface area contributed by atoms with Crippen LogP contribution in [0.15, 0.2) is 72.9 Å². The molecular formula is C18H22N2. The molecular weight excluding hydrogens is 244 g/mol. The minimum Gasteiger partial charge on any atom is -0.373 e. The quantitative estimate of drug-likeness (QED) is 0.870. The zero-order valence-corrected chi connectivity index (χ0v) is 12.0. The van der Waals surface area contributed by atoms with Gasteiger partial charge in [0.1, 0.15) is 0 Å². The number of nitrogens with two attached hydrogens (primary N) is 1. The van der Waals surface area contributed by atoms with E-state index < -0.39 is 0 Å². The number of nitrogens with zero attached hydrogens (tertiary/aromatic N) is 1. The molecule has 0 aliphatic rings. The van der Waals surface area contributed by atoms with E-state index in [1.807, 2.05) is 31.3 Å². The molecule has 2 aromatic carbocycles. The van der Waals surface area contributed by atoms with Gasteiger partial charge in [0.25, 0.3) is 0 Å². The largest absolute Gasteiger partial charge is 0.373 e. The summed E-state index contributed by atoms with van der Waals surface area (Å²) in [6, 6.07) is 20.6. The molecule has 2 nitrogen and oxygen atoms in total. The summed E-state index contributed by atoms with van der Waals surface area (Å²) in [7, 11) is 2.04. The molecule has 0 fully saturated rings. The van der Waals surface area contributed by atoms with E-state index in [1.165, 1.54) is 11.1 Å². The Morgan fingerprint density at radius 3 is 2.05 bits per heavy atom. The minimum absolute atomic E-state index is 0.0499. The van der Waals surface area contributed by atoms with Crippen LogP contribution in [-0.2, 0) is 13.0 Å². The highest BCUT2D eigenvalue weighted by atomic mass is 15.1. The number of hydrogen-bond acceptors (Lipinski definition) is 2. The summed E-state index contributed by atoms with van der Waals surface area (Å²) in [6.45, 7) is 4.98. The Balaban J connectivity index is 1.93. The monoisotopic (exact) mass is 266 g/mol. The topological polar surface area (TPSA) is 29.3 Å². The van der Waals surface area contributed by atoms with Gasteiger partial charge in [-0.15, -0.1) is 0 Å². The molecule has 0 heterocycles. The molecule has 0 spiro atoms. The molecule has 2 heteroatoms. The fourth-order valence-electron chi connectivity index (χ4n) is 2.23. The van der Waals surface area contributed by atoms with Crippen molar-refractivity contribution < 1.29 is 0 Å². The van der Waals surface area contributed by atoms with E-state index >= 15 is 0 Å². The van der Waals surface area contributed by atoms with Crippen molar-refractivity contribution in [1.29, 1.82) is 0 Å². The van der Waals surface area contributed by atoms with Gasteiger partial charge in [-0.3, -0.25) is 0 Å². The van der Waals surface area contributed by atoms with Crippen LogP contribution in [-0.4, -0.2) is 18.0 Å². The zero-order valence-electron chi connectivity index (χ0n) is 12.0. The van der Waals surface area contributed by atoms with Crippen molar-refractivity contribution in [1.82, 2.24) is 4.90 Å². The third-order valence-electron chi connectivity index (χ3n) is 3.48. The van der Waals surface area contributed by atoms with E-state index in [9.17, 15) is 0 Å². The summed E-state index contributed by atoms with van der Waals surface area (Å²) in [4.78, 5) is 2.13. The van der Waals surface area contributed by atoms with Gasteiger partial charge in [0, 0.05) is 25.3 Å². The molecule has 2 aromatic rings. The predicted molar refractivity (Wildman–Crippen MR) is 85.2 cm³/mol. The molecule has 0 saturated heterocycles. The molecule has 0 unspecified atom stereocenters. The first kappa shape index (κ1) is 14.4. The van der Waals surface area contributed by atoms with Crippen LogP contribution in [0.25, 0.3) is 0 Å². The molecule has 0 radical (unpaired) electrons. The normalized spacial score (nSPS) is 11.9. The molecule has 1 atom stereocenters. The van der Waals surface area contributed by atoms with Gasteiger partial charge < -0.3 is 10.6 Å². The van der Waals surface area contributed by atoms with Crippen molar-refractivity contribution >= 4 is 0 Å². The first-order valence-electron chi connectivity index (χ1n) is 6.90. The van der Waals surface area contributed by atoms with Crippen LogP contribution >= 0.6 is 0 Å². The average molecular weight is 266 g/mol. The van der Waals surface area contributed by atoms with Gasteiger partial charge in [-0.25, -0.2) is 0 Å². The molecule has 0 aliphatic heterocycles. The second-order valence-electron chi connectivity index (χ2n) is 5.13. The fourth-order valence-corrected chi connectivity index (χ4v) is 2.23. The zero-order chi connectivity index (χ0) is 14.4. The average Bonchev–Trinajstić information content (AvgIpc) is 2.48. The van der Waals surface area contributed by atoms with Gasteiger partial charge in [-0.2, -0.15) is 0 Å². The van der Waals surface area contributed by atoms with Crippen molar-refractivity contribution in [2.45, 2.75) is 19.0 Å². The van der Waals surface area contributed by atoms with Crippen molar-refractivity contribution in [3.8, 4) is 0 Å².